The second-order valence-corrected chi connectivity index (χ2v) is 4.96. The number of nitrogens with one attached hydrogen (secondary N) is 4. The molecule has 0 spiro atoms. The molecule has 0 aliphatic carbocycles. The van der Waals surface area contributed by atoms with Gasteiger partial charge in [0.25, 0.3) is 0 Å². The fraction of sp³-hybridized carbons (Fsp3) is 0.929. The maximum Gasteiger partial charge on any atom is 0.234 e. The van der Waals surface area contributed by atoms with Gasteiger partial charge in [-0.2, -0.15) is 0 Å². The molecule has 4 N–H and O–H groups in total. The van der Waals surface area contributed by atoms with Crippen molar-refractivity contribution in [1.82, 2.24) is 21.3 Å². The van der Waals surface area contributed by atoms with E-state index in [1.54, 1.807) is 0 Å². The van der Waals surface area contributed by atoms with Gasteiger partial charge in [0.2, 0.25) is 5.91 Å². The van der Waals surface area contributed by atoms with E-state index in [1.807, 2.05) is 7.05 Å². The molecule has 7 heteroatoms. The largest absolute Gasteiger partial charge is 0.378 e. The normalized spacial score (nSPS) is 11.0. The van der Waals surface area contributed by atoms with Crippen LogP contribution in [0, 0.1) is 0 Å². The molecule has 0 heterocycles. The Morgan fingerprint density at radius 2 is 1.62 bits per heavy atom. The summed E-state index contributed by atoms with van der Waals surface area (Å²) in [6.45, 7) is 9.96. The number of hydrogen-bond acceptors (Lipinski definition) is 6. The Balaban J connectivity index is 3.10. The zero-order chi connectivity index (χ0) is 15.8. The summed E-state index contributed by atoms with van der Waals surface area (Å²) in [6, 6.07) is 0.492. The smallest absolute Gasteiger partial charge is 0.234 e. The number of likely N-dealkylation sites (N-methyl/N-ethyl adjacent to an activating group) is 1. The van der Waals surface area contributed by atoms with E-state index < -0.39 is 0 Å². The molecule has 0 aromatic carbocycles. The summed E-state index contributed by atoms with van der Waals surface area (Å²) in [4.78, 5) is 11.3. The number of carbonyl (C=O) groups excluding carboxylic acids is 1. The van der Waals surface area contributed by atoms with E-state index in [4.69, 9.17) is 9.47 Å². The molecule has 0 aliphatic rings. The molecule has 7 nitrogen and oxygen atoms in total. The van der Waals surface area contributed by atoms with Crippen molar-refractivity contribution in [3.63, 3.8) is 0 Å². The third kappa shape index (κ3) is 17.2. The third-order valence-corrected chi connectivity index (χ3v) is 2.58. The summed E-state index contributed by atoms with van der Waals surface area (Å²) >= 11 is 0. The monoisotopic (exact) mass is 304 g/mol. The summed E-state index contributed by atoms with van der Waals surface area (Å²) in [5.41, 5.74) is 0. The molecule has 0 unspecified atom stereocenters. The van der Waals surface area contributed by atoms with Crippen LogP contribution in [0.3, 0.4) is 0 Å². The topological polar surface area (TPSA) is 83.7 Å². The van der Waals surface area contributed by atoms with Crippen molar-refractivity contribution in [2.75, 3.05) is 66.2 Å². The minimum atomic E-state index is 0.00577. The first-order chi connectivity index (χ1) is 10.2. The lowest BCUT2D eigenvalue weighted by Crippen LogP contribution is -2.38. The maximum absolute atomic E-state index is 11.3. The average molecular weight is 304 g/mol. The van der Waals surface area contributed by atoms with Crippen LogP contribution in [0.2, 0.25) is 0 Å². The number of rotatable bonds is 15. The Kier molecular flexibility index (Phi) is 15.1. The SMILES string of the molecule is CNCCNC(=O)CNCCOCCOCCNC(C)C. The maximum atomic E-state index is 11.3. The van der Waals surface area contributed by atoms with Crippen LogP contribution >= 0.6 is 0 Å². The molecular weight excluding hydrogens is 272 g/mol. The van der Waals surface area contributed by atoms with Crippen LogP contribution in [-0.4, -0.2) is 78.1 Å². The molecular formula is C14H32N4O3. The predicted octanol–water partition coefficient (Wildman–Crippen LogP) is -1.06. The van der Waals surface area contributed by atoms with Crippen molar-refractivity contribution < 1.29 is 14.3 Å². The van der Waals surface area contributed by atoms with E-state index in [-0.39, 0.29) is 5.91 Å². The van der Waals surface area contributed by atoms with Gasteiger partial charge in [-0.25, -0.2) is 0 Å². The van der Waals surface area contributed by atoms with Crippen molar-refractivity contribution in [3.8, 4) is 0 Å². The number of carbonyl (C=O) groups is 1. The average Bonchev–Trinajstić information content (AvgIpc) is 2.44. The summed E-state index contributed by atoms with van der Waals surface area (Å²) in [6.07, 6.45) is 0. The number of hydrogen-bond donors (Lipinski definition) is 4. The van der Waals surface area contributed by atoms with E-state index in [1.165, 1.54) is 0 Å². The van der Waals surface area contributed by atoms with Gasteiger partial charge in [-0.15, -0.1) is 0 Å². The van der Waals surface area contributed by atoms with Gasteiger partial charge in [-0.3, -0.25) is 4.79 Å². The highest BCUT2D eigenvalue weighted by Crippen LogP contribution is 1.80. The quantitative estimate of drug-likeness (QED) is 0.289. The van der Waals surface area contributed by atoms with Crippen LogP contribution in [0.1, 0.15) is 13.8 Å². The first kappa shape index (κ1) is 20.3. The Bertz CT molecular complexity index is 240. The van der Waals surface area contributed by atoms with Gasteiger partial charge >= 0.3 is 0 Å². The Morgan fingerprint density at radius 1 is 0.952 bits per heavy atom. The standard InChI is InChI=1S/C14H32N4O3/c1-13(2)17-7-9-21-11-10-20-8-6-16-12-14(19)18-5-4-15-3/h13,15-17H,4-12H2,1-3H3,(H,18,19). The van der Waals surface area contributed by atoms with Crippen molar-refractivity contribution in [3.05, 3.63) is 0 Å². The Labute approximate surface area is 128 Å². The minimum absolute atomic E-state index is 0.00577. The van der Waals surface area contributed by atoms with E-state index >= 15 is 0 Å². The molecule has 21 heavy (non-hydrogen) atoms. The summed E-state index contributed by atoms with van der Waals surface area (Å²) < 4.78 is 10.8. The fourth-order valence-corrected chi connectivity index (χ4v) is 1.48. The van der Waals surface area contributed by atoms with Crippen LogP contribution in [0.25, 0.3) is 0 Å². The molecule has 0 saturated heterocycles. The molecule has 0 bridgehead atoms. The lowest BCUT2D eigenvalue weighted by atomic mass is 10.4. The second kappa shape index (κ2) is 15.7. The summed E-state index contributed by atoms with van der Waals surface area (Å²) in [5, 5.41) is 12.1. The molecule has 0 rings (SSSR count). The van der Waals surface area contributed by atoms with Crippen LogP contribution in [0.5, 0.6) is 0 Å². The number of amides is 1. The molecule has 0 aromatic rings. The Hall–Kier alpha value is -0.730. The van der Waals surface area contributed by atoms with Gasteiger partial charge in [0, 0.05) is 32.2 Å². The summed E-state index contributed by atoms with van der Waals surface area (Å²) in [7, 11) is 1.85. The van der Waals surface area contributed by atoms with E-state index in [2.05, 4.69) is 35.1 Å². The lowest BCUT2D eigenvalue weighted by molar-refractivity contribution is -0.120. The first-order valence-electron chi connectivity index (χ1n) is 7.67. The van der Waals surface area contributed by atoms with Crippen molar-refractivity contribution >= 4 is 5.91 Å². The van der Waals surface area contributed by atoms with Gasteiger partial charge in [0.1, 0.15) is 0 Å². The van der Waals surface area contributed by atoms with Crippen molar-refractivity contribution in [2.45, 2.75) is 19.9 Å². The van der Waals surface area contributed by atoms with Gasteiger partial charge in [0.15, 0.2) is 0 Å². The zero-order valence-corrected chi connectivity index (χ0v) is 13.7. The van der Waals surface area contributed by atoms with Gasteiger partial charge in [-0.05, 0) is 7.05 Å². The van der Waals surface area contributed by atoms with E-state index in [0.29, 0.717) is 52.1 Å². The molecule has 0 radical (unpaired) electrons. The van der Waals surface area contributed by atoms with Crippen LogP contribution in [-0.2, 0) is 14.3 Å². The van der Waals surface area contributed by atoms with E-state index in [9.17, 15) is 4.79 Å². The zero-order valence-electron chi connectivity index (χ0n) is 13.7. The van der Waals surface area contributed by atoms with Gasteiger partial charge in [-0.1, -0.05) is 13.8 Å². The van der Waals surface area contributed by atoms with Crippen LogP contribution in [0.4, 0.5) is 0 Å². The molecule has 0 aliphatic heterocycles. The first-order valence-corrected chi connectivity index (χ1v) is 7.67. The highest BCUT2D eigenvalue weighted by molar-refractivity contribution is 5.77. The molecule has 0 saturated carbocycles. The highest BCUT2D eigenvalue weighted by Gasteiger charge is 1.98. The van der Waals surface area contributed by atoms with E-state index in [0.717, 1.165) is 13.1 Å². The second-order valence-electron chi connectivity index (χ2n) is 4.96. The lowest BCUT2D eigenvalue weighted by Gasteiger charge is -2.09. The minimum Gasteiger partial charge on any atom is -0.378 e. The molecule has 0 atom stereocenters. The summed E-state index contributed by atoms with van der Waals surface area (Å²) in [5.74, 6) is 0.00577. The van der Waals surface area contributed by atoms with Crippen LogP contribution < -0.4 is 21.3 Å². The third-order valence-electron chi connectivity index (χ3n) is 2.58. The Morgan fingerprint density at radius 3 is 2.24 bits per heavy atom. The predicted molar refractivity (Wildman–Crippen MR) is 84.6 cm³/mol. The highest BCUT2D eigenvalue weighted by atomic mass is 16.5. The van der Waals surface area contributed by atoms with Gasteiger partial charge in [0.05, 0.1) is 33.0 Å². The number of ether oxygens (including phenoxy) is 2. The molecule has 126 valence electrons. The molecule has 0 aromatic heterocycles. The molecule has 0 fully saturated rings. The van der Waals surface area contributed by atoms with Crippen molar-refractivity contribution in [1.29, 1.82) is 0 Å². The van der Waals surface area contributed by atoms with Crippen molar-refractivity contribution in [2.24, 2.45) is 0 Å². The fourth-order valence-electron chi connectivity index (χ4n) is 1.48. The molecule has 1 amide bonds. The van der Waals surface area contributed by atoms with Crippen LogP contribution in [0.15, 0.2) is 0 Å². The van der Waals surface area contributed by atoms with Gasteiger partial charge < -0.3 is 30.7 Å².